The lowest BCUT2D eigenvalue weighted by atomic mass is 9.91. The number of piperidine rings is 1. The number of nitrogens with one attached hydrogen (secondary N) is 1. The molecule has 1 aromatic carbocycles. The van der Waals surface area contributed by atoms with Gasteiger partial charge >= 0.3 is 0 Å². The van der Waals surface area contributed by atoms with Crippen LogP contribution in [0.15, 0.2) is 30.3 Å². The Labute approximate surface area is 144 Å². The van der Waals surface area contributed by atoms with E-state index in [0.29, 0.717) is 18.4 Å². The molecule has 1 aromatic rings. The Morgan fingerprint density at radius 2 is 1.62 bits per heavy atom. The standard InChI is InChI=1S/C20H28N2O2/c23-19(21-18-9-5-2-6-10-18)15-16-11-13-22(14-12-16)20(24)17-7-3-1-4-8-17/h1,3-4,7-8,16,18H,2,5-6,9-15H2,(H,21,23). The second-order valence-electron chi connectivity index (χ2n) is 7.21. The Balaban J connectivity index is 1.41. The number of hydrogen-bond donors (Lipinski definition) is 1. The Hall–Kier alpha value is -1.84. The fraction of sp³-hybridized carbons (Fsp3) is 0.600. The predicted molar refractivity (Wildman–Crippen MR) is 94.7 cm³/mol. The van der Waals surface area contributed by atoms with Crippen LogP contribution >= 0.6 is 0 Å². The van der Waals surface area contributed by atoms with Crippen LogP contribution in [0.2, 0.25) is 0 Å². The molecule has 0 bridgehead atoms. The van der Waals surface area contributed by atoms with Crippen LogP contribution in [0.5, 0.6) is 0 Å². The Morgan fingerprint density at radius 1 is 0.958 bits per heavy atom. The molecule has 1 saturated carbocycles. The van der Waals surface area contributed by atoms with Crippen LogP contribution in [0.4, 0.5) is 0 Å². The summed E-state index contributed by atoms with van der Waals surface area (Å²) in [5.41, 5.74) is 0.756. The summed E-state index contributed by atoms with van der Waals surface area (Å²) in [5, 5.41) is 3.21. The van der Waals surface area contributed by atoms with Crippen LogP contribution in [0, 0.1) is 5.92 Å². The van der Waals surface area contributed by atoms with Crippen molar-refractivity contribution in [2.24, 2.45) is 5.92 Å². The summed E-state index contributed by atoms with van der Waals surface area (Å²) in [5.74, 6) is 0.726. The Morgan fingerprint density at radius 3 is 2.29 bits per heavy atom. The topological polar surface area (TPSA) is 49.4 Å². The maximum Gasteiger partial charge on any atom is 0.253 e. The third-order valence-electron chi connectivity index (χ3n) is 5.37. The molecule has 0 unspecified atom stereocenters. The van der Waals surface area contributed by atoms with E-state index in [9.17, 15) is 9.59 Å². The van der Waals surface area contributed by atoms with Crippen molar-refractivity contribution >= 4 is 11.8 Å². The van der Waals surface area contributed by atoms with E-state index in [-0.39, 0.29) is 11.8 Å². The van der Waals surface area contributed by atoms with Crippen molar-refractivity contribution < 1.29 is 9.59 Å². The molecule has 0 radical (unpaired) electrons. The normalized spacial score (nSPS) is 19.9. The van der Waals surface area contributed by atoms with Gasteiger partial charge in [0.1, 0.15) is 0 Å². The molecule has 0 spiro atoms. The molecule has 1 aliphatic heterocycles. The highest BCUT2D eigenvalue weighted by atomic mass is 16.2. The van der Waals surface area contributed by atoms with Gasteiger partial charge in [-0.2, -0.15) is 0 Å². The van der Waals surface area contributed by atoms with Crippen LogP contribution in [-0.4, -0.2) is 35.8 Å². The molecular formula is C20H28N2O2. The van der Waals surface area contributed by atoms with Gasteiger partial charge in [-0.1, -0.05) is 37.5 Å². The van der Waals surface area contributed by atoms with E-state index < -0.39 is 0 Å². The van der Waals surface area contributed by atoms with Crippen molar-refractivity contribution in [2.45, 2.75) is 57.4 Å². The molecule has 4 nitrogen and oxygen atoms in total. The van der Waals surface area contributed by atoms with Gasteiger partial charge in [0.2, 0.25) is 5.91 Å². The van der Waals surface area contributed by atoms with Gasteiger partial charge in [-0.05, 0) is 43.7 Å². The lowest BCUT2D eigenvalue weighted by Gasteiger charge is -2.32. The van der Waals surface area contributed by atoms with Gasteiger partial charge in [0.15, 0.2) is 0 Å². The second kappa shape index (κ2) is 8.32. The monoisotopic (exact) mass is 328 g/mol. The van der Waals surface area contributed by atoms with E-state index in [1.807, 2.05) is 35.2 Å². The summed E-state index contributed by atoms with van der Waals surface area (Å²) in [4.78, 5) is 26.6. The number of likely N-dealkylation sites (tertiary alicyclic amines) is 1. The summed E-state index contributed by atoms with van der Waals surface area (Å²) >= 11 is 0. The van der Waals surface area contributed by atoms with Gasteiger partial charge in [-0.3, -0.25) is 9.59 Å². The molecule has 0 atom stereocenters. The highest BCUT2D eigenvalue weighted by Gasteiger charge is 2.25. The van der Waals surface area contributed by atoms with Gasteiger partial charge in [0.05, 0.1) is 0 Å². The molecule has 130 valence electrons. The average molecular weight is 328 g/mol. The van der Waals surface area contributed by atoms with E-state index in [1.165, 1.54) is 19.3 Å². The highest BCUT2D eigenvalue weighted by Crippen LogP contribution is 2.23. The fourth-order valence-corrected chi connectivity index (χ4v) is 3.90. The number of amides is 2. The molecule has 24 heavy (non-hydrogen) atoms. The number of rotatable bonds is 4. The Kier molecular flexibility index (Phi) is 5.89. The second-order valence-corrected chi connectivity index (χ2v) is 7.21. The van der Waals surface area contributed by atoms with Crippen molar-refractivity contribution in [3.63, 3.8) is 0 Å². The minimum Gasteiger partial charge on any atom is -0.353 e. The summed E-state index contributed by atoms with van der Waals surface area (Å²) in [6.07, 6.45) is 8.53. The van der Waals surface area contributed by atoms with Gasteiger partial charge in [-0.15, -0.1) is 0 Å². The van der Waals surface area contributed by atoms with E-state index in [1.54, 1.807) is 0 Å². The number of hydrogen-bond acceptors (Lipinski definition) is 2. The summed E-state index contributed by atoms with van der Waals surface area (Å²) < 4.78 is 0. The summed E-state index contributed by atoms with van der Waals surface area (Å²) in [6, 6.07) is 9.85. The lowest BCUT2D eigenvalue weighted by Crippen LogP contribution is -2.41. The quantitative estimate of drug-likeness (QED) is 0.921. The smallest absolute Gasteiger partial charge is 0.253 e. The SMILES string of the molecule is O=C(CC1CCN(C(=O)c2ccccc2)CC1)NC1CCCCC1. The molecule has 0 aromatic heterocycles. The van der Waals surface area contributed by atoms with Crippen LogP contribution < -0.4 is 5.32 Å². The van der Waals surface area contributed by atoms with Crippen molar-refractivity contribution in [1.29, 1.82) is 0 Å². The molecule has 1 N–H and O–H groups in total. The van der Waals surface area contributed by atoms with Gasteiger partial charge in [0.25, 0.3) is 5.91 Å². The zero-order chi connectivity index (χ0) is 16.8. The highest BCUT2D eigenvalue weighted by molar-refractivity contribution is 5.94. The fourth-order valence-electron chi connectivity index (χ4n) is 3.90. The molecule has 2 aliphatic rings. The maximum atomic E-state index is 12.4. The third kappa shape index (κ3) is 4.59. The number of carbonyl (C=O) groups is 2. The minimum atomic E-state index is 0.112. The van der Waals surface area contributed by atoms with Gasteiger partial charge in [-0.25, -0.2) is 0 Å². The zero-order valence-corrected chi connectivity index (χ0v) is 14.4. The molecule has 1 aliphatic carbocycles. The number of nitrogens with zero attached hydrogens (tertiary/aromatic N) is 1. The number of carbonyl (C=O) groups excluding carboxylic acids is 2. The van der Waals surface area contributed by atoms with Gasteiger partial charge < -0.3 is 10.2 Å². The molecule has 4 heteroatoms. The molecule has 3 rings (SSSR count). The van der Waals surface area contributed by atoms with E-state index in [2.05, 4.69) is 5.32 Å². The third-order valence-corrected chi connectivity index (χ3v) is 5.37. The van der Waals surface area contributed by atoms with Crippen molar-refractivity contribution in [3.8, 4) is 0 Å². The van der Waals surface area contributed by atoms with Crippen molar-refractivity contribution in [1.82, 2.24) is 10.2 Å². The number of benzene rings is 1. The van der Waals surface area contributed by atoms with Crippen LogP contribution in [-0.2, 0) is 4.79 Å². The first-order valence-electron chi connectivity index (χ1n) is 9.36. The van der Waals surface area contributed by atoms with E-state index in [0.717, 1.165) is 44.3 Å². The first-order valence-corrected chi connectivity index (χ1v) is 9.36. The minimum absolute atomic E-state index is 0.112. The summed E-state index contributed by atoms with van der Waals surface area (Å²) in [7, 11) is 0. The molecule has 1 saturated heterocycles. The van der Waals surface area contributed by atoms with Crippen molar-refractivity contribution in [2.75, 3.05) is 13.1 Å². The first-order chi connectivity index (χ1) is 11.7. The van der Waals surface area contributed by atoms with Crippen LogP contribution in [0.1, 0.15) is 61.7 Å². The van der Waals surface area contributed by atoms with E-state index >= 15 is 0 Å². The van der Waals surface area contributed by atoms with Gasteiger partial charge in [0, 0.05) is 31.1 Å². The van der Waals surface area contributed by atoms with Crippen LogP contribution in [0.3, 0.4) is 0 Å². The lowest BCUT2D eigenvalue weighted by molar-refractivity contribution is -0.123. The molecular weight excluding hydrogens is 300 g/mol. The molecule has 2 amide bonds. The van der Waals surface area contributed by atoms with Crippen molar-refractivity contribution in [3.05, 3.63) is 35.9 Å². The molecule has 1 heterocycles. The molecule has 2 fully saturated rings. The van der Waals surface area contributed by atoms with E-state index in [4.69, 9.17) is 0 Å². The first kappa shape index (κ1) is 17.0. The Bertz CT molecular complexity index is 544. The average Bonchev–Trinajstić information content (AvgIpc) is 2.63. The van der Waals surface area contributed by atoms with Crippen LogP contribution in [0.25, 0.3) is 0 Å². The largest absolute Gasteiger partial charge is 0.353 e. The predicted octanol–water partition coefficient (Wildman–Crippen LogP) is 3.38. The summed E-state index contributed by atoms with van der Waals surface area (Å²) in [6.45, 7) is 1.52. The zero-order valence-electron chi connectivity index (χ0n) is 14.4. The maximum absolute atomic E-state index is 12.4.